The lowest BCUT2D eigenvalue weighted by Crippen LogP contribution is -2.28. The summed E-state index contributed by atoms with van der Waals surface area (Å²) in [6, 6.07) is -0.0820. The van der Waals surface area contributed by atoms with E-state index in [0.29, 0.717) is 19.5 Å². The van der Waals surface area contributed by atoms with Gasteiger partial charge in [0.05, 0.1) is 0 Å². The molecule has 0 saturated carbocycles. The molecule has 0 aliphatic carbocycles. The van der Waals surface area contributed by atoms with Crippen molar-refractivity contribution in [2.75, 3.05) is 13.1 Å². The fourth-order valence-electron chi connectivity index (χ4n) is 1.39. The first-order valence-electron chi connectivity index (χ1n) is 4.40. The second kappa shape index (κ2) is 4.11. The minimum Gasteiger partial charge on any atom is -0.481 e. The topological polar surface area (TPSA) is 69.6 Å². The SMILES string of the molecule is CCN1CC(CCC(=O)O)NC1=O. The third-order valence-corrected chi connectivity index (χ3v) is 2.14. The zero-order valence-electron chi connectivity index (χ0n) is 7.62. The van der Waals surface area contributed by atoms with Crippen LogP contribution in [0, 0.1) is 0 Å². The second-order valence-electron chi connectivity index (χ2n) is 3.12. The van der Waals surface area contributed by atoms with E-state index in [4.69, 9.17) is 5.11 Å². The van der Waals surface area contributed by atoms with Crippen LogP contribution >= 0.6 is 0 Å². The third kappa shape index (κ3) is 2.61. The van der Waals surface area contributed by atoms with E-state index in [9.17, 15) is 9.59 Å². The minimum absolute atomic E-state index is 0.00329. The van der Waals surface area contributed by atoms with Crippen LogP contribution in [0.4, 0.5) is 4.79 Å². The van der Waals surface area contributed by atoms with Gasteiger partial charge in [0, 0.05) is 25.6 Å². The average molecular weight is 186 g/mol. The van der Waals surface area contributed by atoms with Gasteiger partial charge >= 0.3 is 12.0 Å². The summed E-state index contributed by atoms with van der Waals surface area (Å²) in [6.45, 7) is 3.21. The van der Waals surface area contributed by atoms with Crippen molar-refractivity contribution in [1.82, 2.24) is 10.2 Å². The van der Waals surface area contributed by atoms with E-state index in [-0.39, 0.29) is 18.5 Å². The number of aliphatic carboxylic acids is 1. The van der Waals surface area contributed by atoms with Gasteiger partial charge in [0.25, 0.3) is 0 Å². The number of urea groups is 1. The summed E-state index contributed by atoms with van der Waals surface area (Å²) in [5, 5.41) is 11.2. The van der Waals surface area contributed by atoms with E-state index in [2.05, 4.69) is 5.32 Å². The monoisotopic (exact) mass is 186 g/mol. The van der Waals surface area contributed by atoms with Crippen LogP contribution in [0.25, 0.3) is 0 Å². The van der Waals surface area contributed by atoms with Gasteiger partial charge in [-0.15, -0.1) is 0 Å². The highest BCUT2D eigenvalue weighted by Crippen LogP contribution is 2.08. The Labute approximate surface area is 76.7 Å². The van der Waals surface area contributed by atoms with Crippen molar-refractivity contribution in [3.63, 3.8) is 0 Å². The molecule has 1 unspecified atom stereocenters. The summed E-state index contributed by atoms with van der Waals surface area (Å²) in [7, 11) is 0. The highest BCUT2D eigenvalue weighted by Gasteiger charge is 2.27. The zero-order valence-corrected chi connectivity index (χ0v) is 7.62. The lowest BCUT2D eigenvalue weighted by Gasteiger charge is -2.10. The summed E-state index contributed by atoms with van der Waals surface area (Å²) in [5.41, 5.74) is 0. The first-order valence-corrected chi connectivity index (χ1v) is 4.40. The zero-order chi connectivity index (χ0) is 9.84. The standard InChI is InChI=1S/C8H14N2O3/c1-2-10-5-6(9-8(10)13)3-4-7(11)12/h6H,2-5H2,1H3,(H,9,13)(H,11,12). The van der Waals surface area contributed by atoms with Gasteiger partial charge in [0.2, 0.25) is 0 Å². The number of nitrogens with one attached hydrogen (secondary N) is 1. The third-order valence-electron chi connectivity index (χ3n) is 2.14. The fourth-order valence-corrected chi connectivity index (χ4v) is 1.39. The number of nitrogens with zero attached hydrogens (tertiary/aromatic N) is 1. The van der Waals surface area contributed by atoms with Gasteiger partial charge in [0.1, 0.15) is 0 Å². The summed E-state index contributed by atoms with van der Waals surface area (Å²) in [5.74, 6) is -0.816. The molecule has 5 heteroatoms. The maximum absolute atomic E-state index is 11.1. The maximum atomic E-state index is 11.1. The Bertz CT molecular complexity index is 217. The van der Waals surface area contributed by atoms with Gasteiger partial charge in [-0.3, -0.25) is 4.79 Å². The van der Waals surface area contributed by atoms with Crippen molar-refractivity contribution in [3.8, 4) is 0 Å². The number of carboxylic acid groups (broad SMARTS) is 1. The molecule has 0 spiro atoms. The van der Waals surface area contributed by atoms with Crippen LogP contribution < -0.4 is 5.32 Å². The number of carboxylic acids is 1. The molecular formula is C8H14N2O3. The van der Waals surface area contributed by atoms with E-state index < -0.39 is 5.97 Å². The molecule has 2 amide bonds. The summed E-state index contributed by atoms with van der Waals surface area (Å²) in [4.78, 5) is 23.1. The number of amides is 2. The highest BCUT2D eigenvalue weighted by atomic mass is 16.4. The highest BCUT2D eigenvalue weighted by molar-refractivity contribution is 5.77. The molecule has 5 nitrogen and oxygen atoms in total. The molecule has 0 bridgehead atoms. The van der Waals surface area contributed by atoms with Crippen LogP contribution in [0.5, 0.6) is 0 Å². The number of carbonyl (C=O) groups excluding carboxylic acids is 1. The number of hydrogen-bond acceptors (Lipinski definition) is 2. The summed E-state index contributed by atoms with van der Waals surface area (Å²) in [6.07, 6.45) is 0.625. The first kappa shape index (κ1) is 9.83. The van der Waals surface area contributed by atoms with Crippen LogP contribution in [0.2, 0.25) is 0 Å². The Kier molecular flexibility index (Phi) is 3.11. The predicted molar refractivity (Wildman–Crippen MR) is 46.4 cm³/mol. The lowest BCUT2D eigenvalue weighted by atomic mass is 10.2. The van der Waals surface area contributed by atoms with E-state index in [1.807, 2.05) is 6.92 Å². The molecule has 0 aromatic carbocycles. The number of hydrogen-bond donors (Lipinski definition) is 2. The molecule has 0 aromatic rings. The molecular weight excluding hydrogens is 172 g/mol. The molecule has 2 N–H and O–H groups in total. The molecule has 1 rings (SSSR count). The Hall–Kier alpha value is -1.26. The predicted octanol–water partition coefficient (Wildman–Crippen LogP) is 0.265. The molecule has 1 heterocycles. The molecule has 1 aliphatic heterocycles. The van der Waals surface area contributed by atoms with Crippen molar-refractivity contribution >= 4 is 12.0 Å². The quantitative estimate of drug-likeness (QED) is 0.661. The van der Waals surface area contributed by atoms with Gasteiger partial charge in [0.15, 0.2) is 0 Å². The number of rotatable bonds is 4. The molecule has 1 aliphatic rings. The van der Waals surface area contributed by atoms with Crippen LogP contribution in [-0.4, -0.2) is 41.1 Å². The molecule has 1 fully saturated rings. The fraction of sp³-hybridized carbons (Fsp3) is 0.750. The summed E-state index contributed by atoms with van der Waals surface area (Å²) < 4.78 is 0. The van der Waals surface area contributed by atoms with Crippen molar-refractivity contribution < 1.29 is 14.7 Å². The molecule has 13 heavy (non-hydrogen) atoms. The van der Waals surface area contributed by atoms with Crippen LogP contribution in [0.15, 0.2) is 0 Å². The maximum Gasteiger partial charge on any atom is 0.317 e. The Morgan fingerprint density at radius 2 is 2.46 bits per heavy atom. The van der Waals surface area contributed by atoms with Crippen molar-refractivity contribution in [2.45, 2.75) is 25.8 Å². The van der Waals surface area contributed by atoms with E-state index in [0.717, 1.165) is 0 Å². The number of carbonyl (C=O) groups is 2. The van der Waals surface area contributed by atoms with Gasteiger partial charge < -0.3 is 15.3 Å². The second-order valence-corrected chi connectivity index (χ2v) is 3.12. The molecule has 74 valence electrons. The average Bonchev–Trinajstić information content (AvgIpc) is 2.43. The van der Waals surface area contributed by atoms with Crippen LogP contribution in [0.3, 0.4) is 0 Å². The van der Waals surface area contributed by atoms with Crippen molar-refractivity contribution in [2.24, 2.45) is 0 Å². The minimum atomic E-state index is -0.816. The largest absolute Gasteiger partial charge is 0.481 e. The molecule has 0 radical (unpaired) electrons. The van der Waals surface area contributed by atoms with Gasteiger partial charge in [-0.2, -0.15) is 0 Å². The first-order chi connectivity index (χ1) is 6.13. The Balaban J connectivity index is 2.31. The van der Waals surface area contributed by atoms with Crippen LogP contribution in [0.1, 0.15) is 19.8 Å². The van der Waals surface area contributed by atoms with E-state index >= 15 is 0 Å². The van der Waals surface area contributed by atoms with Gasteiger partial charge in [-0.05, 0) is 13.3 Å². The van der Waals surface area contributed by atoms with Crippen molar-refractivity contribution in [1.29, 1.82) is 0 Å². The van der Waals surface area contributed by atoms with E-state index in [1.165, 1.54) is 0 Å². The Morgan fingerprint density at radius 1 is 1.77 bits per heavy atom. The lowest BCUT2D eigenvalue weighted by molar-refractivity contribution is -0.137. The molecule has 1 atom stereocenters. The van der Waals surface area contributed by atoms with Crippen molar-refractivity contribution in [3.05, 3.63) is 0 Å². The summed E-state index contributed by atoms with van der Waals surface area (Å²) >= 11 is 0. The van der Waals surface area contributed by atoms with E-state index in [1.54, 1.807) is 4.90 Å². The molecule has 0 aromatic heterocycles. The van der Waals surface area contributed by atoms with Gasteiger partial charge in [-0.25, -0.2) is 4.79 Å². The molecule has 1 saturated heterocycles. The smallest absolute Gasteiger partial charge is 0.317 e. The normalized spacial score (nSPS) is 21.8. The van der Waals surface area contributed by atoms with Crippen LogP contribution in [-0.2, 0) is 4.79 Å². The number of likely N-dealkylation sites (N-methyl/N-ethyl adjacent to an activating group) is 1. The van der Waals surface area contributed by atoms with Gasteiger partial charge in [-0.1, -0.05) is 0 Å². The Morgan fingerprint density at radius 3 is 2.92 bits per heavy atom.